The number of aryl methyl sites for hydroxylation is 1. The first kappa shape index (κ1) is 18.4. The molecule has 27 heavy (non-hydrogen) atoms. The lowest BCUT2D eigenvalue weighted by Gasteiger charge is -2.31. The van der Waals surface area contributed by atoms with Crippen LogP contribution in [0.25, 0.3) is 10.6 Å². The largest absolute Gasteiger partial charge is 0.274 e. The van der Waals surface area contributed by atoms with Crippen molar-refractivity contribution < 1.29 is 8.42 Å². The Kier molecular flexibility index (Phi) is 5.16. The number of sulfonamides is 1. The van der Waals surface area contributed by atoms with Gasteiger partial charge in [0.1, 0.15) is 10.6 Å². The first-order valence-corrected chi connectivity index (χ1v) is 11.5. The van der Waals surface area contributed by atoms with Gasteiger partial charge in [0.2, 0.25) is 10.0 Å². The van der Waals surface area contributed by atoms with E-state index >= 15 is 0 Å². The van der Waals surface area contributed by atoms with Gasteiger partial charge in [0.15, 0.2) is 0 Å². The molecular weight excluding hydrogens is 378 g/mol. The second-order valence-corrected chi connectivity index (χ2v) is 9.88. The van der Waals surface area contributed by atoms with Gasteiger partial charge >= 0.3 is 0 Å². The predicted octanol–water partition coefficient (Wildman–Crippen LogP) is 3.79. The molecule has 0 spiro atoms. The van der Waals surface area contributed by atoms with Gasteiger partial charge in [0, 0.05) is 26.3 Å². The van der Waals surface area contributed by atoms with Crippen LogP contribution in [0.1, 0.15) is 18.4 Å². The number of hydrogen-bond acceptors (Lipinski definition) is 4. The van der Waals surface area contributed by atoms with Crippen LogP contribution < -0.4 is 0 Å². The maximum absolute atomic E-state index is 13.3. The molecule has 0 unspecified atom stereocenters. The summed E-state index contributed by atoms with van der Waals surface area (Å²) >= 11 is 1.51. The first-order valence-electron chi connectivity index (χ1n) is 9.15. The van der Waals surface area contributed by atoms with E-state index in [-0.39, 0.29) is 0 Å². The average Bonchev–Trinajstić information content (AvgIpc) is 3.33. The molecule has 0 N–H and O–H groups in total. The minimum Gasteiger partial charge on any atom is -0.274 e. The van der Waals surface area contributed by atoms with E-state index < -0.39 is 10.0 Å². The molecule has 0 bridgehead atoms. The molecule has 1 fully saturated rings. The van der Waals surface area contributed by atoms with Gasteiger partial charge in [-0.05, 0) is 42.2 Å². The number of thiophene rings is 1. The summed E-state index contributed by atoms with van der Waals surface area (Å²) in [5.41, 5.74) is 1.88. The van der Waals surface area contributed by atoms with Crippen molar-refractivity contribution in [1.29, 1.82) is 0 Å². The maximum Gasteiger partial charge on any atom is 0.246 e. The summed E-state index contributed by atoms with van der Waals surface area (Å²) < 4.78 is 29.7. The van der Waals surface area contributed by atoms with Gasteiger partial charge in [0.05, 0.1) is 4.88 Å². The fourth-order valence-corrected chi connectivity index (χ4v) is 6.12. The highest BCUT2D eigenvalue weighted by Crippen LogP contribution is 2.33. The van der Waals surface area contributed by atoms with Crippen LogP contribution in [0.5, 0.6) is 0 Å². The van der Waals surface area contributed by atoms with Crippen LogP contribution in [0.2, 0.25) is 0 Å². The summed E-state index contributed by atoms with van der Waals surface area (Å²) in [5.74, 6) is 0.532. The second-order valence-electron chi connectivity index (χ2n) is 7.03. The lowest BCUT2D eigenvalue weighted by atomic mass is 9.91. The number of nitrogens with zero attached hydrogens (tertiary/aromatic N) is 3. The molecule has 0 radical (unpaired) electrons. The fourth-order valence-electron chi connectivity index (χ4n) is 3.68. The van der Waals surface area contributed by atoms with Crippen LogP contribution in [-0.2, 0) is 23.5 Å². The molecule has 3 heterocycles. The Labute approximate surface area is 164 Å². The van der Waals surface area contributed by atoms with Crippen molar-refractivity contribution >= 4 is 21.4 Å². The molecule has 7 heteroatoms. The standard InChI is InChI=1S/C20H23N3O2S2/c1-22-15-19(20(21-22)18-8-5-13-26-18)27(24,25)23-11-9-17(10-12-23)14-16-6-3-2-4-7-16/h2-8,13,15,17H,9-12,14H2,1H3. The highest BCUT2D eigenvalue weighted by atomic mass is 32.2. The summed E-state index contributed by atoms with van der Waals surface area (Å²) in [6.07, 6.45) is 4.42. The van der Waals surface area contributed by atoms with Crippen molar-refractivity contribution in [3.63, 3.8) is 0 Å². The molecule has 2 aromatic heterocycles. The number of benzene rings is 1. The van der Waals surface area contributed by atoms with Crippen LogP contribution in [0.3, 0.4) is 0 Å². The van der Waals surface area contributed by atoms with Gasteiger partial charge in [0.25, 0.3) is 0 Å². The Morgan fingerprint density at radius 1 is 1.11 bits per heavy atom. The molecule has 0 atom stereocenters. The van der Waals surface area contributed by atoms with E-state index in [1.165, 1.54) is 16.9 Å². The minimum absolute atomic E-state index is 0.314. The van der Waals surface area contributed by atoms with E-state index in [1.54, 1.807) is 22.2 Å². The van der Waals surface area contributed by atoms with Crippen molar-refractivity contribution in [3.8, 4) is 10.6 Å². The first-order chi connectivity index (χ1) is 13.0. The van der Waals surface area contributed by atoms with Crippen molar-refractivity contribution in [2.45, 2.75) is 24.2 Å². The molecule has 142 valence electrons. The summed E-state index contributed by atoms with van der Waals surface area (Å²) in [6.45, 7) is 1.14. The molecule has 1 aliphatic heterocycles. The number of aromatic nitrogens is 2. The summed E-state index contributed by atoms with van der Waals surface area (Å²) in [7, 11) is -1.77. The zero-order valence-electron chi connectivity index (χ0n) is 15.3. The van der Waals surface area contributed by atoms with E-state index in [0.29, 0.717) is 29.6 Å². The van der Waals surface area contributed by atoms with E-state index in [4.69, 9.17) is 0 Å². The smallest absolute Gasteiger partial charge is 0.246 e. The van der Waals surface area contributed by atoms with E-state index in [2.05, 4.69) is 29.4 Å². The second kappa shape index (κ2) is 7.58. The van der Waals surface area contributed by atoms with Crippen LogP contribution >= 0.6 is 11.3 Å². The Morgan fingerprint density at radius 3 is 2.52 bits per heavy atom. The van der Waals surface area contributed by atoms with Crippen LogP contribution in [0.4, 0.5) is 0 Å². The Hall–Kier alpha value is -1.96. The third kappa shape index (κ3) is 3.85. The summed E-state index contributed by atoms with van der Waals surface area (Å²) in [5, 5.41) is 6.35. The van der Waals surface area contributed by atoms with Crippen molar-refractivity contribution in [2.75, 3.05) is 13.1 Å². The van der Waals surface area contributed by atoms with Gasteiger partial charge in [-0.15, -0.1) is 11.3 Å². The Balaban J connectivity index is 1.50. The lowest BCUT2D eigenvalue weighted by Crippen LogP contribution is -2.38. The van der Waals surface area contributed by atoms with Crippen molar-refractivity contribution in [2.24, 2.45) is 13.0 Å². The molecule has 5 nitrogen and oxygen atoms in total. The molecular formula is C20H23N3O2S2. The Morgan fingerprint density at radius 2 is 1.85 bits per heavy atom. The van der Waals surface area contributed by atoms with Crippen LogP contribution in [-0.4, -0.2) is 35.6 Å². The highest BCUT2D eigenvalue weighted by Gasteiger charge is 2.33. The monoisotopic (exact) mass is 401 g/mol. The molecule has 1 aliphatic rings. The molecule has 4 rings (SSSR count). The third-order valence-electron chi connectivity index (χ3n) is 5.11. The predicted molar refractivity (Wildman–Crippen MR) is 108 cm³/mol. The highest BCUT2D eigenvalue weighted by molar-refractivity contribution is 7.89. The molecule has 0 aliphatic carbocycles. The quantitative estimate of drug-likeness (QED) is 0.654. The van der Waals surface area contributed by atoms with Crippen molar-refractivity contribution in [1.82, 2.24) is 14.1 Å². The SMILES string of the molecule is Cn1cc(S(=O)(=O)N2CCC(Cc3ccccc3)CC2)c(-c2cccs2)n1. The van der Waals surface area contributed by atoms with E-state index in [9.17, 15) is 8.42 Å². The van der Waals surface area contributed by atoms with Gasteiger partial charge in [-0.3, -0.25) is 4.68 Å². The van der Waals surface area contributed by atoms with Crippen molar-refractivity contribution in [3.05, 3.63) is 59.6 Å². The maximum atomic E-state index is 13.3. The van der Waals surface area contributed by atoms with Crippen LogP contribution in [0, 0.1) is 5.92 Å². The Bertz CT molecular complexity index is 987. The molecule has 0 amide bonds. The lowest BCUT2D eigenvalue weighted by molar-refractivity contribution is 0.273. The summed E-state index contributed by atoms with van der Waals surface area (Å²) in [6, 6.07) is 14.3. The van der Waals surface area contributed by atoms with Crippen LogP contribution in [0.15, 0.2) is 58.9 Å². The zero-order chi connectivity index (χ0) is 18.9. The summed E-state index contributed by atoms with van der Waals surface area (Å²) in [4.78, 5) is 1.20. The third-order valence-corrected chi connectivity index (χ3v) is 7.88. The molecule has 3 aromatic rings. The average molecular weight is 402 g/mol. The topological polar surface area (TPSA) is 55.2 Å². The van der Waals surface area contributed by atoms with E-state index in [1.807, 2.05) is 23.6 Å². The number of rotatable bonds is 5. The normalized spacial score (nSPS) is 16.6. The molecule has 0 saturated carbocycles. The minimum atomic E-state index is -3.54. The van der Waals surface area contributed by atoms with Gasteiger partial charge < -0.3 is 0 Å². The van der Waals surface area contributed by atoms with Gasteiger partial charge in [-0.1, -0.05) is 36.4 Å². The van der Waals surface area contributed by atoms with Gasteiger partial charge in [-0.25, -0.2) is 8.42 Å². The van der Waals surface area contributed by atoms with E-state index in [0.717, 1.165) is 24.1 Å². The fraction of sp³-hybridized carbons (Fsp3) is 0.350. The molecule has 1 aromatic carbocycles. The zero-order valence-corrected chi connectivity index (χ0v) is 16.9. The van der Waals surface area contributed by atoms with Gasteiger partial charge in [-0.2, -0.15) is 9.40 Å². The number of piperidine rings is 1. The number of hydrogen-bond donors (Lipinski definition) is 0. The molecule has 1 saturated heterocycles.